The number of primary amides is 1. The topological polar surface area (TPSA) is 174 Å². The Morgan fingerprint density at radius 2 is 2.17 bits per heavy atom. The molecule has 1 aromatic carbocycles. The molecule has 3 rings (SSSR count). The molecule has 11 nitrogen and oxygen atoms in total. The van der Waals surface area contributed by atoms with Crippen LogP contribution in [0.5, 0.6) is 0 Å². The van der Waals surface area contributed by atoms with Gasteiger partial charge in [-0.15, -0.1) is 0 Å². The third-order valence-corrected chi connectivity index (χ3v) is 5.77. The Labute approximate surface area is 173 Å². The molecule has 1 aliphatic heterocycles. The summed E-state index contributed by atoms with van der Waals surface area (Å²) in [6, 6.07) is 6.22. The first-order valence-electron chi connectivity index (χ1n) is 9.15. The van der Waals surface area contributed by atoms with E-state index in [4.69, 9.17) is 15.6 Å². The van der Waals surface area contributed by atoms with E-state index in [1.807, 2.05) is 4.90 Å². The molecule has 0 bridgehead atoms. The van der Waals surface area contributed by atoms with Crippen molar-refractivity contribution < 1.29 is 18.9 Å². The van der Waals surface area contributed by atoms with Crippen molar-refractivity contribution in [2.24, 2.45) is 5.73 Å². The average Bonchev–Trinajstić information content (AvgIpc) is 2.67. The highest BCUT2D eigenvalue weighted by Crippen LogP contribution is 2.24. The monoisotopic (exact) mass is 433 g/mol. The first-order chi connectivity index (χ1) is 14.1. The number of nitrogens with two attached hydrogens (primary N) is 1. The zero-order valence-electron chi connectivity index (χ0n) is 16.3. The molecule has 1 aliphatic rings. The summed E-state index contributed by atoms with van der Waals surface area (Å²) in [5.74, 6) is -0.218. The minimum Gasteiger partial charge on any atom is -0.465 e. The summed E-state index contributed by atoms with van der Waals surface area (Å²) in [5.41, 5.74) is 6.01. The second-order valence-corrected chi connectivity index (χ2v) is 9.19. The number of aromatic nitrogens is 2. The largest absolute Gasteiger partial charge is 0.465 e. The highest BCUT2D eigenvalue weighted by molar-refractivity contribution is 7.91. The van der Waals surface area contributed by atoms with E-state index in [2.05, 4.69) is 20.6 Å². The van der Waals surface area contributed by atoms with Crippen LogP contribution in [0.1, 0.15) is 23.2 Å². The van der Waals surface area contributed by atoms with E-state index in [9.17, 15) is 13.8 Å². The van der Waals surface area contributed by atoms with Crippen molar-refractivity contribution in [1.29, 1.82) is 4.78 Å². The lowest BCUT2D eigenvalue weighted by Crippen LogP contribution is -2.48. The number of carbonyl (C=O) groups excluding carboxylic acids is 1. The van der Waals surface area contributed by atoms with Crippen LogP contribution in [0.3, 0.4) is 0 Å². The number of hydrogen-bond acceptors (Lipinski definition) is 8. The number of nitrogens with zero attached hydrogens (tertiary/aromatic N) is 3. The molecule has 2 aromatic rings. The van der Waals surface area contributed by atoms with Gasteiger partial charge in [-0.3, -0.25) is 4.79 Å². The van der Waals surface area contributed by atoms with Crippen LogP contribution in [-0.4, -0.2) is 56.7 Å². The van der Waals surface area contributed by atoms with Crippen molar-refractivity contribution in [1.82, 2.24) is 15.3 Å². The summed E-state index contributed by atoms with van der Waals surface area (Å²) < 4.78 is 19.8. The van der Waals surface area contributed by atoms with Gasteiger partial charge in [0, 0.05) is 42.2 Å². The van der Waals surface area contributed by atoms with Crippen LogP contribution in [0.2, 0.25) is 0 Å². The van der Waals surface area contributed by atoms with Crippen molar-refractivity contribution in [2.75, 3.05) is 29.6 Å². The van der Waals surface area contributed by atoms with Gasteiger partial charge in [0.2, 0.25) is 5.95 Å². The molecule has 0 spiro atoms. The molecule has 30 heavy (non-hydrogen) atoms. The predicted molar refractivity (Wildman–Crippen MR) is 112 cm³/mol. The molecule has 6 N–H and O–H groups in total. The highest BCUT2D eigenvalue weighted by atomic mass is 32.2. The van der Waals surface area contributed by atoms with E-state index in [0.29, 0.717) is 36.0 Å². The Balaban J connectivity index is 1.90. The van der Waals surface area contributed by atoms with E-state index >= 15 is 0 Å². The molecular weight excluding hydrogens is 410 g/mol. The van der Waals surface area contributed by atoms with Gasteiger partial charge >= 0.3 is 6.09 Å². The quantitative estimate of drug-likeness (QED) is 0.456. The summed E-state index contributed by atoms with van der Waals surface area (Å²) in [6.07, 6.45) is 3.02. The van der Waals surface area contributed by atoms with Crippen LogP contribution < -0.4 is 21.3 Å². The molecule has 1 unspecified atom stereocenters. The molecule has 0 radical (unpaired) electrons. The summed E-state index contributed by atoms with van der Waals surface area (Å²) in [6.45, 7) is 1.03. The minimum atomic E-state index is -2.91. The van der Waals surface area contributed by atoms with Crippen LogP contribution in [-0.2, 0) is 9.73 Å². The summed E-state index contributed by atoms with van der Waals surface area (Å²) in [5, 5.41) is 14.4. The maximum atomic E-state index is 12.0. The van der Waals surface area contributed by atoms with Gasteiger partial charge in [-0.2, -0.15) is 4.98 Å². The summed E-state index contributed by atoms with van der Waals surface area (Å²) in [4.78, 5) is 33.6. The summed E-state index contributed by atoms with van der Waals surface area (Å²) in [7, 11) is -2.91. The number of amides is 2. The molecule has 12 heteroatoms. The molecule has 2 amide bonds. The van der Waals surface area contributed by atoms with Crippen molar-refractivity contribution >= 4 is 39.2 Å². The van der Waals surface area contributed by atoms with Crippen LogP contribution in [0.25, 0.3) is 0 Å². The van der Waals surface area contributed by atoms with Crippen LogP contribution in [0.15, 0.2) is 35.4 Å². The lowest BCUT2D eigenvalue weighted by atomic mass is 10.1. The van der Waals surface area contributed by atoms with E-state index in [-0.39, 0.29) is 17.4 Å². The van der Waals surface area contributed by atoms with Crippen LogP contribution >= 0.6 is 0 Å². The SMILES string of the molecule is CS(=N)(=O)c1cccc(Nc2nc(N3CCC[C@H](NC(=O)O)C3)ncc2C(N)=O)c1. The lowest BCUT2D eigenvalue weighted by molar-refractivity contribution is 0.100. The minimum absolute atomic E-state index is 0.0736. The van der Waals surface area contributed by atoms with E-state index < -0.39 is 21.7 Å². The Bertz CT molecular complexity index is 1070. The third kappa shape index (κ3) is 5.14. The normalized spacial score (nSPS) is 18.3. The molecule has 2 heterocycles. The lowest BCUT2D eigenvalue weighted by Gasteiger charge is -2.32. The first-order valence-corrected chi connectivity index (χ1v) is 11.1. The Hall–Kier alpha value is -3.41. The van der Waals surface area contributed by atoms with Gasteiger partial charge in [0.25, 0.3) is 5.91 Å². The van der Waals surface area contributed by atoms with E-state index in [0.717, 1.165) is 6.42 Å². The fraction of sp³-hybridized carbons (Fsp3) is 0.333. The zero-order valence-corrected chi connectivity index (χ0v) is 17.1. The number of anilines is 3. The van der Waals surface area contributed by atoms with Crippen molar-refractivity contribution in [3.8, 4) is 0 Å². The third-order valence-electron chi connectivity index (χ3n) is 4.62. The van der Waals surface area contributed by atoms with Crippen LogP contribution in [0, 0.1) is 4.78 Å². The van der Waals surface area contributed by atoms with Gasteiger partial charge in [0.15, 0.2) is 0 Å². The van der Waals surface area contributed by atoms with Gasteiger partial charge in [-0.1, -0.05) is 6.07 Å². The number of nitrogens with one attached hydrogen (secondary N) is 3. The number of carboxylic acid groups (broad SMARTS) is 1. The van der Waals surface area contributed by atoms with Crippen molar-refractivity contribution in [2.45, 2.75) is 23.8 Å². The molecule has 1 saturated heterocycles. The highest BCUT2D eigenvalue weighted by Gasteiger charge is 2.24. The fourth-order valence-electron chi connectivity index (χ4n) is 3.20. The number of rotatable bonds is 6. The smallest absolute Gasteiger partial charge is 0.404 e. The first kappa shape index (κ1) is 21.3. The van der Waals surface area contributed by atoms with E-state index in [1.54, 1.807) is 24.3 Å². The molecule has 160 valence electrons. The van der Waals surface area contributed by atoms with Crippen molar-refractivity contribution in [3.63, 3.8) is 0 Å². The number of piperidine rings is 1. The predicted octanol–water partition coefficient (Wildman–Crippen LogP) is 1.59. The Morgan fingerprint density at radius 1 is 1.40 bits per heavy atom. The van der Waals surface area contributed by atoms with E-state index in [1.165, 1.54) is 12.5 Å². The number of benzene rings is 1. The van der Waals surface area contributed by atoms with Gasteiger partial charge in [0.1, 0.15) is 11.4 Å². The average molecular weight is 433 g/mol. The standard InChI is InChI=1S/C18H23N7O4S/c1-30(20,29)13-6-2-4-11(8-13)22-16-14(15(19)26)9-21-17(24-16)25-7-3-5-12(10-25)23-18(27)28/h2,4,6,8-9,12,20,23H,3,5,7,10H2,1H3,(H2,19,26)(H,27,28)(H,21,22,24)/t12-,30?/m0/s1. The second kappa shape index (κ2) is 8.53. The molecular formula is C18H23N7O4S. The zero-order chi connectivity index (χ0) is 21.9. The van der Waals surface area contributed by atoms with Crippen molar-refractivity contribution in [3.05, 3.63) is 36.0 Å². The Morgan fingerprint density at radius 3 is 2.83 bits per heavy atom. The fourth-order valence-corrected chi connectivity index (χ4v) is 3.89. The molecule has 1 aromatic heterocycles. The molecule has 0 saturated carbocycles. The molecule has 2 atom stereocenters. The van der Waals surface area contributed by atoms with Gasteiger partial charge < -0.3 is 26.4 Å². The maximum Gasteiger partial charge on any atom is 0.404 e. The Kier molecular flexibility index (Phi) is 6.06. The molecule has 1 fully saturated rings. The summed E-state index contributed by atoms with van der Waals surface area (Å²) >= 11 is 0. The van der Waals surface area contributed by atoms with Gasteiger partial charge in [0.05, 0.1) is 9.73 Å². The maximum absolute atomic E-state index is 12.0. The number of carbonyl (C=O) groups is 2. The number of hydrogen-bond donors (Lipinski definition) is 5. The van der Waals surface area contributed by atoms with Gasteiger partial charge in [-0.05, 0) is 31.0 Å². The second-order valence-electron chi connectivity index (χ2n) is 7.03. The molecule has 0 aliphatic carbocycles. The van der Waals surface area contributed by atoms with Crippen LogP contribution in [0.4, 0.5) is 22.2 Å². The van der Waals surface area contributed by atoms with Gasteiger partial charge in [-0.25, -0.2) is 18.8 Å².